The van der Waals surface area contributed by atoms with Crippen molar-refractivity contribution in [3.63, 3.8) is 0 Å². The molecule has 3 rings (SSSR count). The van der Waals surface area contributed by atoms with Crippen molar-refractivity contribution in [1.29, 1.82) is 0 Å². The molecule has 0 saturated heterocycles. The van der Waals surface area contributed by atoms with Crippen molar-refractivity contribution in [3.05, 3.63) is 34.9 Å². The van der Waals surface area contributed by atoms with Crippen LogP contribution < -0.4 is 5.32 Å². The SMILES string of the molecule is C[C@H](NC(=O)CSc1nnnn1C1CC1)c1ccccc1Cl. The molecule has 1 aliphatic rings. The number of carbonyl (C=O) groups is 1. The highest BCUT2D eigenvalue weighted by Gasteiger charge is 2.28. The van der Waals surface area contributed by atoms with Gasteiger partial charge in [0.15, 0.2) is 0 Å². The molecule has 0 spiro atoms. The van der Waals surface area contributed by atoms with Crippen molar-refractivity contribution in [2.45, 2.75) is 37.0 Å². The van der Waals surface area contributed by atoms with Gasteiger partial charge in [0.1, 0.15) is 0 Å². The standard InChI is InChI=1S/C14H16ClN5OS/c1-9(11-4-2-3-5-12(11)15)16-13(21)8-22-14-17-18-19-20(14)10-6-7-10/h2-5,9-10H,6-8H2,1H3,(H,16,21)/t9-/m0/s1. The highest BCUT2D eigenvalue weighted by Crippen LogP contribution is 2.36. The first-order chi connectivity index (χ1) is 10.6. The summed E-state index contributed by atoms with van der Waals surface area (Å²) in [6.07, 6.45) is 2.21. The zero-order valence-corrected chi connectivity index (χ0v) is 13.6. The topological polar surface area (TPSA) is 72.7 Å². The number of rotatable bonds is 6. The number of amides is 1. The molecule has 0 bridgehead atoms. The fourth-order valence-corrected chi connectivity index (χ4v) is 3.20. The largest absolute Gasteiger partial charge is 0.349 e. The molecule has 22 heavy (non-hydrogen) atoms. The third-order valence-corrected chi connectivity index (χ3v) is 4.71. The Morgan fingerprint density at radius 3 is 3.00 bits per heavy atom. The normalized spacial score (nSPS) is 15.5. The summed E-state index contributed by atoms with van der Waals surface area (Å²) in [5, 5.41) is 15.9. The molecule has 2 aromatic rings. The number of aromatic nitrogens is 4. The van der Waals surface area contributed by atoms with Gasteiger partial charge < -0.3 is 5.32 Å². The number of nitrogens with zero attached hydrogens (tertiary/aromatic N) is 4. The summed E-state index contributed by atoms with van der Waals surface area (Å²) < 4.78 is 1.80. The van der Waals surface area contributed by atoms with Crippen LogP contribution in [0.4, 0.5) is 0 Å². The lowest BCUT2D eigenvalue weighted by molar-refractivity contribution is -0.119. The second-order valence-electron chi connectivity index (χ2n) is 5.24. The first kappa shape index (κ1) is 15.3. The Morgan fingerprint density at radius 1 is 1.50 bits per heavy atom. The van der Waals surface area contributed by atoms with Crippen LogP contribution in [-0.2, 0) is 4.79 Å². The summed E-state index contributed by atoms with van der Waals surface area (Å²) in [6, 6.07) is 7.77. The maximum atomic E-state index is 12.1. The Hall–Kier alpha value is -1.60. The Bertz CT molecular complexity index is 673. The predicted molar refractivity (Wildman–Crippen MR) is 84.8 cm³/mol. The number of tetrazole rings is 1. The molecule has 0 radical (unpaired) electrons. The molecular formula is C14H16ClN5OS. The van der Waals surface area contributed by atoms with E-state index in [1.165, 1.54) is 11.8 Å². The van der Waals surface area contributed by atoms with E-state index >= 15 is 0 Å². The van der Waals surface area contributed by atoms with E-state index in [9.17, 15) is 4.79 Å². The quantitative estimate of drug-likeness (QED) is 0.820. The van der Waals surface area contributed by atoms with Crippen molar-refractivity contribution in [3.8, 4) is 0 Å². The van der Waals surface area contributed by atoms with Gasteiger partial charge in [0.25, 0.3) is 0 Å². The highest BCUT2D eigenvalue weighted by molar-refractivity contribution is 7.99. The van der Waals surface area contributed by atoms with Gasteiger partial charge in [-0.3, -0.25) is 4.79 Å². The Kier molecular flexibility index (Phi) is 4.63. The van der Waals surface area contributed by atoms with Crippen LogP contribution in [0.5, 0.6) is 0 Å². The molecule has 0 aliphatic heterocycles. The van der Waals surface area contributed by atoms with Crippen LogP contribution in [0, 0.1) is 0 Å². The molecule has 116 valence electrons. The van der Waals surface area contributed by atoms with E-state index in [1.807, 2.05) is 31.2 Å². The minimum atomic E-state index is -0.138. The Morgan fingerprint density at radius 2 is 2.27 bits per heavy atom. The third-order valence-electron chi connectivity index (χ3n) is 3.44. The van der Waals surface area contributed by atoms with Gasteiger partial charge >= 0.3 is 0 Å². The van der Waals surface area contributed by atoms with E-state index in [4.69, 9.17) is 11.6 Å². The maximum absolute atomic E-state index is 12.1. The number of hydrogen-bond donors (Lipinski definition) is 1. The smallest absolute Gasteiger partial charge is 0.230 e. The van der Waals surface area contributed by atoms with E-state index in [0.717, 1.165) is 18.4 Å². The number of thioether (sulfide) groups is 1. The summed E-state index contributed by atoms with van der Waals surface area (Å²) in [4.78, 5) is 12.1. The molecule has 1 N–H and O–H groups in total. The molecular weight excluding hydrogens is 322 g/mol. The second-order valence-corrected chi connectivity index (χ2v) is 6.59. The van der Waals surface area contributed by atoms with E-state index in [2.05, 4.69) is 20.8 Å². The summed E-state index contributed by atoms with van der Waals surface area (Å²) >= 11 is 7.49. The average molecular weight is 338 g/mol. The molecule has 1 aromatic carbocycles. The van der Waals surface area contributed by atoms with Crippen LogP contribution in [0.3, 0.4) is 0 Å². The summed E-state index contributed by atoms with van der Waals surface area (Å²) in [5.74, 6) is 0.213. The number of benzene rings is 1. The van der Waals surface area contributed by atoms with Gasteiger partial charge in [-0.25, -0.2) is 4.68 Å². The molecule has 1 fully saturated rings. The van der Waals surface area contributed by atoms with Gasteiger partial charge in [-0.05, 0) is 41.8 Å². The third kappa shape index (κ3) is 3.59. The van der Waals surface area contributed by atoms with E-state index in [1.54, 1.807) is 4.68 Å². The molecule has 1 heterocycles. The summed E-state index contributed by atoms with van der Waals surface area (Å²) in [7, 11) is 0. The molecule has 1 amide bonds. The lowest BCUT2D eigenvalue weighted by Crippen LogP contribution is -2.28. The fourth-order valence-electron chi connectivity index (χ4n) is 2.15. The summed E-state index contributed by atoms with van der Waals surface area (Å²) in [6.45, 7) is 1.91. The zero-order chi connectivity index (χ0) is 15.5. The molecule has 8 heteroatoms. The molecule has 1 saturated carbocycles. The first-order valence-electron chi connectivity index (χ1n) is 7.09. The van der Waals surface area contributed by atoms with Crippen LogP contribution in [-0.4, -0.2) is 31.9 Å². The van der Waals surface area contributed by atoms with Crippen molar-refractivity contribution in [2.75, 3.05) is 5.75 Å². The minimum absolute atomic E-state index is 0.0669. The van der Waals surface area contributed by atoms with Crippen molar-refractivity contribution in [1.82, 2.24) is 25.5 Å². The van der Waals surface area contributed by atoms with Crippen molar-refractivity contribution in [2.24, 2.45) is 0 Å². The molecule has 1 aromatic heterocycles. The summed E-state index contributed by atoms with van der Waals surface area (Å²) in [5.41, 5.74) is 0.908. The Balaban J connectivity index is 1.54. The number of halogens is 1. The lowest BCUT2D eigenvalue weighted by Gasteiger charge is -2.15. The van der Waals surface area contributed by atoms with E-state index < -0.39 is 0 Å². The van der Waals surface area contributed by atoms with Gasteiger partial charge in [0.05, 0.1) is 17.8 Å². The van der Waals surface area contributed by atoms with Crippen LogP contribution in [0.15, 0.2) is 29.4 Å². The van der Waals surface area contributed by atoms with Crippen LogP contribution >= 0.6 is 23.4 Å². The molecule has 1 aliphatic carbocycles. The van der Waals surface area contributed by atoms with E-state index in [-0.39, 0.29) is 17.7 Å². The highest BCUT2D eigenvalue weighted by atomic mass is 35.5. The van der Waals surface area contributed by atoms with Gasteiger partial charge in [-0.1, -0.05) is 41.6 Å². The predicted octanol–water partition coefficient (Wildman–Crippen LogP) is 2.63. The Labute approximate surface area is 137 Å². The van der Waals surface area contributed by atoms with Gasteiger partial charge in [-0.15, -0.1) is 5.10 Å². The number of carbonyl (C=O) groups excluding carboxylic acids is 1. The lowest BCUT2D eigenvalue weighted by atomic mass is 10.1. The zero-order valence-electron chi connectivity index (χ0n) is 12.1. The van der Waals surface area contributed by atoms with Crippen LogP contribution in [0.1, 0.15) is 37.4 Å². The van der Waals surface area contributed by atoms with Gasteiger partial charge in [-0.2, -0.15) is 0 Å². The van der Waals surface area contributed by atoms with E-state index in [0.29, 0.717) is 16.2 Å². The fraction of sp³-hybridized carbons (Fsp3) is 0.429. The van der Waals surface area contributed by atoms with Crippen molar-refractivity contribution < 1.29 is 4.79 Å². The monoisotopic (exact) mass is 337 g/mol. The second kappa shape index (κ2) is 6.66. The van der Waals surface area contributed by atoms with Crippen LogP contribution in [0.25, 0.3) is 0 Å². The number of hydrogen-bond acceptors (Lipinski definition) is 5. The van der Waals surface area contributed by atoms with Crippen LogP contribution in [0.2, 0.25) is 5.02 Å². The first-order valence-corrected chi connectivity index (χ1v) is 8.46. The average Bonchev–Trinajstić information content (AvgIpc) is 3.24. The number of nitrogens with one attached hydrogen (secondary N) is 1. The molecule has 6 nitrogen and oxygen atoms in total. The van der Waals surface area contributed by atoms with Crippen molar-refractivity contribution >= 4 is 29.3 Å². The molecule has 0 unspecified atom stereocenters. The minimum Gasteiger partial charge on any atom is -0.349 e. The maximum Gasteiger partial charge on any atom is 0.230 e. The van der Waals surface area contributed by atoms with Gasteiger partial charge in [0.2, 0.25) is 11.1 Å². The molecule has 1 atom stereocenters. The van der Waals surface area contributed by atoms with Gasteiger partial charge in [0, 0.05) is 5.02 Å².